The fourth-order valence-corrected chi connectivity index (χ4v) is 6.00. The van der Waals surface area contributed by atoms with Crippen LogP contribution in [0.4, 0.5) is 5.69 Å². The predicted octanol–water partition coefficient (Wildman–Crippen LogP) is 6.56. The number of Topliss-reactive ketones (excluding diaryl/α,β-unsaturated/α-hetero) is 1. The number of hydrogen-bond acceptors (Lipinski definition) is 9. The number of ketones is 1. The molecular weight excluding hydrogens is 580 g/mol. The van der Waals surface area contributed by atoms with Crippen LogP contribution in [-0.2, 0) is 20.7 Å². The molecule has 2 aliphatic rings. The number of nitrogens with one attached hydrogen (secondary N) is 1. The van der Waals surface area contributed by atoms with Crippen LogP contribution in [0.3, 0.4) is 0 Å². The van der Waals surface area contributed by atoms with E-state index in [1.54, 1.807) is 13.0 Å². The van der Waals surface area contributed by atoms with Gasteiger partial charge in [-0.05, 0) is 99.9 Å². The van der Waals surface area contributed by atoms with Gasteiger partial charge in [0.1, 0.15) is 11.5 Å². The number of nitrogens with two attached hydrogens (primary N) is 1. The molecule has 5 rings (SSSR count). The summed E-state index contributed by atoms with van der Waals surface area (Å²) in [7, 11) is 0. The van der Waals surface area contributed by atoms with Crippen molar-refractivity contribution in [3.8, 4) is 11.1 Å². The number of benzene rings is 2. The Morgan fingerprint density at radius 3 is 2.26 bits per heavy atom. The molecule has 1 fully saturated rings. The zero-order valence-corrected chi connectivity index (χ0v) is 25.9. The van der Waals surface area contributed by atoms with E-state index in [1.807, 2.05) is 61.5 Å². The Morgan fingerprint density at radius 1 is 0.957 bits per heavy atom. The third-order valence-electron chi connectivity index (χ3n) is 8.63. The number of carbonyl (C=O) groups excluding carboxylic acids is 3. The highest BCUT2D eigenvalue weighted by Crippen LogP contribution is 2.31. The number of anilines is 1. The number of aromatic nitrogens is 1. The number of pyridine rings is 1. The molecule has 0 bridgehead atoms. The van der Waals surface area contributed by atoms with E-state index in [0.29, 0.717) is 43.7 Å². The zero-order valence-electron chi connectivity index (χ0n) is 25.9. The van der Waals surface area contributed by atoms with E-state index < -0.39 is 11.9 Å². The molecule has 1 amide bonds. The lowest BCUT2D eigenvalue weighted by atomic mass is 9.77. The summed E-state index contributed by atoms with van der Waals surface area (Å²) in [5.41, 5.74) is 11.1. The Labute approximate surface area is 271 Å². The van der Waals surface area contributed by atoms with Gasteiger partial charge in [0.25, 0.3) is 0 Å². The minimum Gasteiger partial charge on any atom is -0.461 e. The average Bonchev–Trinajstić information content (AvgIpc) is 3.60. The first kappa shape index (κ1) is 34.3. The summed E-state index contributed by atoms with van der Waals surface area (Å²) in [6.07, 6.45) is 4.17. The smallest absolute Gasteiger partial charge is 0.356 e. The Hall–Kier alpha value is -4.57. The molecule has 1 saturated carbocycles. The average molecular weight is 625 g/mol. The molecule has 2 heterocycles. The van der Waals surface area contributed by atoms with E-state index in [4.69, 9.17) is 10.5 Å². The van der Waals surface area contributed by atoms with Gasteiger partial charge < -0.3 is 15.8 Å². The number of hydrogen-bond donors (Lipinski definition) is 2. The Bertz CT molecular complexity index is 1570. The molecule has 10 nitrogen and oxygen atoms in total. The quantitative estimate of drug-likeness (QED) is 0.218. The van der Waals surface area contributed by atoms with E-state index >= 15 is 0 Å². The molecule has 242 valence electrons. The molecule has 1 aliphatic carbocycles. The molecule has 1 aliphatic heterocycles. The number of esters is 1. The largest absolute Gasteiger partial charge is 0.461 e. The number of amidine groups is 1. The van der Waals surface area contributed by atoms with Crippen LogP contribution < -0.4 is 11.1 Å². The van der Waals surface area contributed by atoms with Gasteiger partial charge in [-0.15, -0.1) is 5.11 Å². The van der Waals surface area contributed by atoms with Crippen molar-refractivity contribution in [3.05, 3.63) is 83.2 Å². The van der Waals surface area contributed by atoms with Gasteiger partial charge in [-0.2, -0.15) is 5.11 Å². The van der Waals surface area contributed by atoms with Gasteiger partial charge >= 0.3 is 5.97 Å². The zero-order chi connectivity index (χ0) is 31.8. The molecule has 2 aromatic carbocycles. The van der Waals surface area contributed by atoms with Gasteiger partial charge in [0.15, 0.2) is 12.5 Å². The third-order valence-corrected chi connectivity index (χ3v) is 8.63. The second-order valence-corrected chi connectivity index (χ2v) is 11.7. The number of aliphatic imine (C=N–C) groups is 1. The normalized spacial score (nSPS) is 17.8. The van der Waals surface area contributed by atoms with Crippen LogP contribution in [0, 0.1) is 24.7 Å². The lowest BCUT2D eigenvalue weighted by Gasteiger charge is -2.27. The molecule has 0 unspecified atom stereocenters. The van der Waals surface area contributed by atoms with Crippen LogP contribution in [-0.4, -0.2) is 48.3 Å². The first-order valence-electron chi connectivity index (χ1n) is 15.6. The molecule has 0 saturated heterocycles. The van der Waals surface area contributed by atoms with Crippen molar-refractivity contribution < 1.29 is 19.1 Å². The van der Waals surface area contributed by atoms with Crippen molar-refractivity contribution in [1.29, 1.82) is 0 Å². The lowest BCUT2D eigenvalue weighted by Crippen LogP contribution is -2.31. The molecule has 0 spiro atoms. The third kappa shape index (κ3) is 8.57. The van der Waals surface area contributed by atoms with Crippen molar-refractivity contribution in [3.63, 3.8) is 0 Å². The molecule has 1 aromatic heterocycles. The minimum absolute atomic E-state index is 0. The van der Waals surface area contributed by atoms with Crippen molar-refractivity contribution in [1.82, 2.24) is 4.98 Å². The van der Waals surface area contributed by atoms with Gasteiger partial charge in [-0.25, -0.2) is 14.8 Å². The van der Waals surface area contributed by atoms with Crippen LogP contribution >= 0.6 is 0 Å². The molecule has 3 N–H and O–H groups in total. The predicted molar refractivity (Wildman–Crippen MR) is 180 cm³/mol. The van der Waals surface area contributed by atoms with Gasteiger partial charge in [0, 0.05) is 40.8 Å². The first-order valence-corrected chi connectivity index (χ1v) is 15.6. The summed E-state index contributed by atoms with van der Waals surface area (Å²) in [6, 6.07) is 18.8. The SMILES string of the molecule is C.CCOC(=O)c1ccc(-c2ccc(C[C@H](CC(=O)C3CCC(CN)CC3)C(=O)Nc3ccc(C4=NCN=N4)cc3)cc2)c(C)n1. The second-order valence-electron chi connectivity index (χ2n) is 11.7. The number of carbonyl (C=O) groups is 3. The van der Waals surface area contributed by atoms with E-state index in [2.05, 4.69) is 25.5 Å². The fraction of sp³-hybridized carbons (Fsp3) is 0.417. The summed E-state index contributed by atoms with van der Waals surface area (Å²) in [4.78, 5) is 47.9. The topological polar surface area (TPSA) is 148 Å². The van der Waals surface area contributed by atoms with Crippen molar-refractivity contribution in [2.45, 2.75) is 59.8 Å². The van der Waals surface area contributed by atoms with Crippen molar-refractivity contribution in [2.75, 3.05) is 25.1 Å². The van der Waals surface area contributed by atoms with E-state index in [0.717, 1.165) is 53.6 Å². The maximum Gasteiger partial charge on any atom is 0.356 e. The fourth-order valence-electron chi connectivity index (χ4n) is 6.00. The van der Waals surface area contributed by atoms with E-state index in [1.165, 1.54) is 0 Å². The maximum atomic E-state index is 13.7. The first-order chi connectivity index (χ1) is 21.8. The van der Waals surface area contributed by atoms with Gasteiger partial charge in [0.05, 0.1) is 6.61 Å². The van der Waals surface area contributed by atoms with Crippen LogP contribution in [0.2, 0.25) is 0 Å². The monoisotopic (exact) mass is 624 g/mol. The standard InChI is InChI=1S/C35H40N6O4.CH4/c1-3-45-35(44)31-17-16-30(22(2)39-31)25-8-4-23(5-9-25)18-28(19-32(42)26-10-6-24(20-36)7-11-26)34(43)40-29-14-12-27(13-15-29)33-37-21-38-41-33;/h4-5,8-9,12-17,24,26,28H,3,6-7,10-11,18-21,36H2,1-2H3,(H,40,43);1H4/t24?,26?,28-;/m1./s1. The minimum atomic E-state index is -0.532. The van der Waals surface area contributed by atoms with Crippen LogP contribution in [0.25, 0.3) is 11.1 Å². The Balaban J connectivity index is 0.00000480. The second kappa shape index (κ2) is 16.1. The van der Waals surface area contributed by atoms with Crippen LogP contribution in [0.15, 0.2) is 75.9 Å². The highest BCUT2D eigenvalue weighted by molar-refractivity contribution is 6.01. The Morgan fingerprint density at radius 2 is 1.65 bits per heavy atom. The molecule has 0 radical (unpaired) electrons. The number of azo groups is 1. The van der Waals surface area contributed by atoms with Crippen molar-refractivity contribution >= 4 is 29.2 Å². The maximum absolute atomic E-state index is 13.7. The molecule has 1 atom stereocenters. The van der Waals surface area contributed by atoms with Gasteiger partial charge in [-0.1, -0.05) is 37.8 Å². The summed E-state index contributed by atoms with van der Waals surface area (Å²) < 4.78 is 5.06. The van der Waals surface area contributed by atoms with Crippen LogP contribution in [0.5, 0.6) is 0 Å². The molecular formula is C36H44N6O4. The van der Waals surface area contributed by atoms with Crippen LogP contribution in [0.1, 0.15) is 73.8 Å². The number of amides is 1. The number of ether oxygens (including phenoxy) is 1. The molecule has 46 heavy (non-hydrogen) atoms. The van der Waals surface area contributed by atoms with E-state index in [-0.39, 0.29) is 37.1 Å². The number of rotatable bonds is 12. The molecule has 3 aromatic rings. The lowest BCUT2D eigenvalue weighted by molar-refractivity contribution is -0.129. The highest BCUT2D eigenvalue weighted by Gasteiger charge is 2.30. The van der Waals surface area contributed by atoms with Gasteiger partial charge in [-0.3, -0.25) is 9.59 Å². The number of nitrogens with zero attached hydrogens (tertiary/aromatic N) is 4. The molecule has 10 heteroatoms. The Kier molecular flexibility index (Phi) is 12.0. The highest BCUT2D eigenvalue weighted by atomic mass is 16.5. The van der Waals surface area contributed by atoms with Crippen molar-refractivity contribution in [2.24, 2.45) is 38.7 Å². The summed E-state index contributed by atoms with van der Waals surface area (Å²) in [6.45, 7) is 4.89. The van der Waals surface area contributed by atoms with E-state index in [9.17, 15) is 14.4 Å². The summed E-state index contributed by atoms with van der Waals surface area (Å²) >= 11 is 0. The summed E-state index contributed by atoms with van der Waals surface area (Å²) in [5.74, 6) is -0.000395. The number of aryl methyl sites for hydroxylation is 1. The summed E-state index contributed by atoms with van der Waals surface area (Å²) in [5, 5.41) is 10.9. The van der Waals surface area contributed by atoms with Gasteiger partial charge in [0.2, 0.25) is 5.91 Å².